The first-order valence-corrected chi connectivity index (χ1v) is 13.8. The van der Waals surface area contributed by atoms with Crippen LogP contribution in [-0.4, -0.2) is 47.8 Å². The van der Waals surface area contributed by atoms with Crippen LogP contribution in [0.2, 0.25) is 0 Å². The average molecular weight is 572 g/mol. The molecule has 0 aliphatic carbocycles. The lowest BCUT2D eigenvalue weighted by Gasteiger charge is -2.15. The molecule has 3 aromatic carbocycles. The maximum absolute atomic E-state index is 13.1. The second-order valence-corrected chi connectivity index (χ2v) is 10.7. The maximum atomic E-state index is 13.1. The number of aromatic nitrogens is 1. The van der Waals surface area contributed by atoms with Crippen LogP contribution in [-0.2, 0) is 27.8 Å². The molecule has 0 saturated carbocycles. The number of nitrogens with one attached hydrogen (secondary N) is 1. The highest BCUT2D eigenvalue weighted by molar-refractivity contribution is 7.89. The Balaban J connectivity index is 1.64. The first-order chi connectivity index (χ1) is 19.6. The number of hydrogen-bond donors (Lipinski definition) is 3. The van der Waals surface area contributed by atoms with Gasteiger partial charge in [0.25, 0.3) is 0 Å². The molecule has 208 valence electrons. The van der Waals surface area contributed by atoms with Crippen molar-refractivity contribution < 1.29 is 33.0 Å². The molecule has 0 spiro atoms. The smallest absolute Gasteiger partial charge is 0.335 e. The number of fused-ring (bicyclic) bond motifs is 1. The zero-order chi connectivity index (χ0) is 29.6. The largest absolute Gasteiger partial charge is 0.481 e. The lowest BCUT2D eigenvalue weighted by Crippen LogP contribution is -2.42. The van der Waals surface area contributed by atoms with Gasteiger partial charge in [-0.15, -0.1) is 5.92 Å². The van der Waals surface area contributed by atoms with Gasteiger partial charge < -0.3 is 19.5 Å². The predicted molar refractivity (Wildman–Crippen MR) is 150 cm³/mol. The van der Waals surface area contributed by atoms with Gasteiger partial charge in [-0.25, -0.2) is 13.2 Å². The van der Waals surface area contributed by atoms with Crippen LogP contribution in [0.1, 0.15) is 34.0 Å². The van der Waals surface area contributed by atoms with Crippen LogP contribution < -0.4 is 9.46 Å². The third-order valence-electron chi connectivity index (χ3n) is 6.29. The second kappa shape index (κ2) is 12.4. The van der Waals surface area contributed by atoms with Gasteiger partial charge in [-0.2, -0.15) is 9.98 Å². The quantitative estimate of drug-likeness (QED) is 0.230. The Morgan fingerprint density at radius 2 is 1.76 bits per heavy atom. The van der Waals surface area contributed by atoms with Crippen LogP contribution >= 0.6 is 0 Å². The summed E-state index contributed by atoms with van der Waals surface area (Å²) in [5.41, 5.74) is 2.47. The number of sulfonamides is 1. The van der Waals surface area contributed by atoms with E-state index in [-0.39, 0.29) is 23.5 Å². The summed E-state index contributed by atoms with van der Waals surface area (Å²) >= 11 is 0. The van der Waals surface area contributed by atoms with E-state index >= 15 is 0 Å². The summed E-state index contributed by atoms with van der Waals surface area (Å²) in [5, 5.41) is 29.0. The van der Waals surface area contributed by atoms with Crippen molar-refractivity contribution in [2.75, 3.05) is 6.61 Å². The predicted octanol–water partition coefficient (Wildman–Crippen LogP) is 3.64. The zero-order valence-electron chi connectivity index (χ0n) is 21.9. The number of aromatic carboxylic acids is 1. The molecule has 4 rings (SSSR count). The fourth-order valence-electron chi connectivity index (χ4n) is 4.24. The van der Waals surface area contributed by atoms with Crippen LogP contribution in [0.25, 0.3) is 10.9 Å². The lowest BCUT2D eigenvalue weighted by molar-refractivity contribution is -0.138. The number of ether oxygens (including phenoxy) is 1. The van der Waals surface area contributed by atoms with Gasteiger partial charge in [0.15, 0.2) is 0 Å². The summed E-state index contributed by atoms with van der Waals surface area (Å²) in [4.78, 5) is 23.7. The molecule has 0 saturated heterocycles. The molecule has 1 heterocycles. The molecule has 0 aliphatic heterocycles. The molecular formula is C30H25N3O7S. The Labute approximate surface area is 236 Å². The second-order valence-electron chi connectivity index (χ2n) is 9.03. The number of nitriles is 1. The summed E-state index contributed by atoms with van der Waals surface area (Å²) in [6.07, 6.45) is 1.44. The minimum absolute atomic E-state index is 0.00885. The Hall–Kier alpha value is -5.10. The Kier molecular flexibility index (Phi) is 8.73. The Morgan fingerprint density at radius 1 is 1.05 bits per heavy atom. The van der Waals surface area contributed by atoms with E-state index in [0.29, 0.717) is 34.3 Å². The fourth-order valence-corrected chi connectivity index (χ4v) is 5.43. The summed E-state index contributed by atoms with van der Waals surface area (Å²) in [7, 11) is -4.23. The fraction of sp³-hybridized carbons (Fsp3) is 0.167. The van der Waals surface area contributed by atoms with Crippen LogP contribution in [0.15, 0.2) is 77.8 Å². The molecule has 0 bridgehead atoms. The van der Waals surface area contributed by atoms with Crippen molar-refractivity contribution in [1.29, 1.82) is 5.26 Å². The van der Waals surface area contributed by atoms with Crippen molar-refractivity contribution in [3.05, 3.63) is 95.2 Å². The number of carbonyl (C=O) groups is 2. The van der Waals surface area contributed by atoms with Gasteiger partial charge in [-0.05, 0) is 72.6 Å². The van der Waals surface area contributed by atoms with Gasteiger partial charge >= 0.3 is 11.9 Å². The van der Waals surface area contributed by atoms with Crippen LogP contribution in [0.3, 0.4) is 0 Å². The number of rotatable bonds is 11. The molecule has 10 nitrogen and oxygen atoms in total. The van der Waals surface area contributed by atoms with Gasteiger partial charge in [0.1, 0.15) is 18.4 Å². The molecule has 0 fully saturated rings. The van der Waals surface area contributed by atoms with E-state index in [1.807, 2.05) is 4.57 Å². The Morgan fingerprint density at radius 3 is 2.37 bits per heavy atom. The number of aliphatic carboxylic acids is 1. The molecular weight excluding hydrogens is 546 g/mol. The summed E-state index contributed by atoms with van der Waals surface area (Å²) < 4.78 is 35.6. The number of benzene rings is 3. The van der Waals surface area contributed by atoms with Gasteiger partial charge in [-0.3, -0.25) is 4.79 Å². The van der Waals surface area contributed by atoms with E-state index in [0.717, 1.165) is 5.56 Å². The highest BCUT2D eigenvalue weighted by Crippen LogP contribution is 2.26. The van der Waals surface area contributed by atoms with E-state index in [1.54, 1.807) is 43.5 Å². The van der Waals surface area contributed by atoms with E-state index in [4.69, 9.17) is 10.00 Å². The van der Waals surface area contributed by atoms with Crippen LogP contribution in [0, 0.1) is 23.2 Å². The van der Waals surface area contributed by atoms with Gasteiger partial charge in [0.05, 0.1) is 22.1 Å². The minimum Gasteiger partial charge on any atom is -0.481 e. The molecule has 0 aliphatic rings. The third-order valence-corrected chi connectivity index (χ3v) is 7.78. The van der Waals surface area contributed by atoms with E-state index in [1.165, 1.54) is 36.4 Å². The van der Waals surface area contributed by atoms with Crippen molar-refractivity contribution in [2.24, 2.45) is 0 Å². The summed E-state index contributed by atoms with van der Waals surface area (Å²) in [6.45, 7) is 2.17. The lowest BCUT2D eigenvalue weighted by atomic mass is 10.0. The molecule has 11 heteroatoms. The topological polar surface area (TPSA) is 159 Å². The molecule has 0 radical (unpaired) electrons. The molecule has 41 heavy (non-hydrogen) atoms. The van der Waals surface area contributed by atoms with E-state index < -0.39 is 28.0 Å². The molecule has 0 unspecified atom stereocenters. The highest BCUT2D eigenvalue weighted by Gasteiger charge is 2.27. The molecule has 1 atom stereocenters. The van der Waals surface area contributed by atoms with Crippen molar-refractivity contribution >= 4 is 32.9 Å². The molecule has 4 aromatic rings. The number of hydrogen-bond acceptors (Lipinski definition) is 6. The standard InChI is InChI=1S/C30H25N3O7S/c1-2-3-14-40-24-9-11-25(12-10-24)41(38,39)32-27(30(36)37)16-23-19-33(18-21-6-4-20(17-31)5-7-21)28-13-8-22(29(34)35)15-26(23)28/h4-13,15,19,27,32H,14,16,18H2,1H3,(H,34,35)(H,36,37)/t27-/m0/s1. The van der Waals surface area contributed by atoms with E-state index in [2.05, 4.69) is 22.6 Å². The maximum Gasteiger partial charge on any atom is 0.335 e. The first-order valence-electron chi connectivity index (χ1n) is 12.3. The number of carboxylic acids is 2. The summed E-state index contributed by atoms with van der Waals surface area (Å²) in [5.74, 6) is 3.28. The summed E-state index contributed by atoms with van der Waals surface area (Å²) in [6, 6.07) is 17.5. The normalized spacial score (nSPS) is 11.7. The number of nitrogens with zero attached hydrogens (tertiary/aromatic N) is 2. The molecule has 1 aromatic heterocycles. The minimum atomic E-state index is -4.23. The first kappa shape index (κ1) is 28.9. The van der Waals surface area contributed by atoms with Crippen molar-refractivity contribution in [3.8, 4) is 23.7 Å². The van der Waals surface area contributed by atoms with Crippen molar-refractivity contribution in [1.82, 2.24) is 9.29 Å². The highest BCUT2D eigenvalue weighted by atomic mass is 32.2. The molecule has 0 amide bonds. The Bertz CT molecular complexity index is 1810. The van der Waals surface area contributed by atoms with Gasteiger partial charge in [0.2, 0.25) is 10.0 Å². The zero-order valence-corrected chi connectivity index (χ0v) is 22.7. The average Bonchev–Trinajstić information content (AvgIpc) is 3.29. The van der Waals surface area contributed by atoms with Crippen molar-refractivity contribution in [2.45, 2.75) is 30.8 Å². The third kappa shape index (κ3) is 6.92. The molecule has 3 N–H and O–H groups in total. The van der Waals surface area contributed by atoms with Gasteiger partial charge in [-0.1, -0.05) is 18.1 Å². The van der Waals surface area contributed by atoms with Gasteiger partial charge in [0, 0.05) is 30.1 Å². The number of carboxylic acid groups (broad SMARTS) is 2. The van der Waals surface area contributed by atoms with Crippen LogP contribution in [0.4, 0.5) is 0 Å². The van der Waals surface area contributed by atoms with Crippen molar-refractivity contribution in [3.63, 3.8) is 0 Å². The monoisotopic (exact) mass is 571 g/mol. The SMILES string of the molecule is CC#CCOc1ccc(S(=O)(=O)N[C@@H](Cc2cn(Cc3ccc(C#N)cc3)c3ccc(C(=O)O)cc23)C(=O)O)cc1. The van der Waals surface area contributed by atoms with Crippen LogP contribution in [0.5, 0.6) is 5.75 Å². The van der Waals surface area contributed by atoms with E-state index in [9.17, 15) is 28.2 Å².